The van der Waals surface area contributed by atoms with Crippen LogP contribution < -0.4 is 4.74 Å². The maximum Gasteiger partial charge on any atom is 0.129 e. The lowest BCUT2D eigenvalue weighted by atomic mass is 9.89. The van der Waals surface area contributed by atoms with Crippen molar-refractivity contribution in [2.24, 2.45) is 0 Å². The van der Waals surface area contributed by atoms with Crippen molar-refractivity contribution >= 4 is 10.9 Å². The summed E-state index contributed by atoms with van der Waals surface area (Å²) in [4.78, 5) is 9.28. The first kappa shape index (κ1) is 12.8. The van der Waals surface area contributed by atoms with E-state index < -0.39 is 0 Å². The van der Waals surface area contributed by atoms with Crippen molar-refractivity contribution in [2.45, 2.75) is 39.5 Å². The smallest absolute Gasteiger partial charge is 0.129 e. The van der Waals surface area contributed by atoms with Crippen molar-refractivity contribution in [1.29, 1.82) is 0 Å². The van der Waals surface area contributed by atoms with Crippen LogP contribution in [-0.4, -0.2) is 17.1 Å². The third-order valence-electron chi connectivity index (χ3n) is 2.98. The number of rotatable bonds is 2. The number of benzene rings is 1. The van der Waals surface area contributed by atoms with E-state index >= 15 is 0 Å². The molecule has 3 heteroatoms. The summed E-state index contributed by atoms with van der Waals surface area (Å²) >= 11 is 0. The summed E-state index contributed by atoms with van der Waals surface area (Å²) in [6.45, 7) is 8.61. The van der Waals surface area contributed by atoms with Gasteiger partial charge in [-0.3, -0.25) is 0 Å². The van der Waals surface area contributed by atoms with Crippen molar-refractivity contribution < 1.29 is 4.74 Å². The van der Waals surface area contributed by atoms with Crippen LogP contribution in [0.5, 0.6) is 5.75 Å². The van der Waals surface area contributed by atoms with E-state index in [9.17, 15) is 0 Å². The summed E-state index contributed by atoms with van der Waals surface area (Å²) in [5.41, 5.74) is 2.08. The highest BCUT2D eigenvalue weighted by Crippen LogP contribution is 2.29. The van der Waals surface area contributed by atoms with Gasteiger partial charge in [0.25, 0.3) is 0 Å². The van der Waals surface area contributed by atoms with Gasteiger partial charge in [-0.15, -0.1) is 0 Å². The zero-order valence-corrected chi connectivity index (χ0v) is 11.7. The average Bonchev–Trinajstić information content (AvgIpc) is 2.35. The minimum atomic E-state index is 0.0136. The second-order valence-corrected chi connectivity index (χ2v) is 5.48. The number of aryl methyl sites for hydroxylation is 1. The van der Waals surface area contributed by atoms with Crippen LogP contribution in [0.1, 0.15) is 39.2 Å². The first-order valence-corrected chi connectivity index (χ1v) is 6.31. The van der Waals surface area contributed by atoms with Crippen LogP contribution in [0.15, 0.2) is 18.2 Å². The summed E-state index contributed by atoms with van der Waals surface area (Å²) in [6.07, 6.45) is 0.843. The highest BCUT2D eigenvalue weighted by molar-refractivity contribution is 5.83. The van der Waals surface area contributed by atoms with Gasteiger partial charge in [-0.1, -0.05) is 27.7 Å². The number of hydrogen-bond donors (Lipinski definition) is 0. The Balaban J connectivity index is 2.76. The van der Waals surface area contributed by atoms with Crippen LogP contribution in [0.2, 0.25) is 0 Å². The Morgan fingerprint density at radius 3 is 2.44 bits per heavy atom. The number of hydrogen-bond acceptors (Lipinski definition) is 3. The number of methoxy groups -OCH3 is 1. The lowest BCUT2D eigenvalue weighted by Crippen LogP contribution is -2.16. The van der Waals surface area contributed by atoms with E-state index in [1.54, 1.807) is 7.11 Å². The largest absolute Gasteiger partial charge is 0.497 e. The molecule has 0 atom stereocenters. The summed E-state index contributed by atoms with van der Waals surface area (Å²) in [6, 6.07) is 5.99. The second kappa shape index (κ2) is 4.56. The van der Waals surface area contributed by atoms with Gasteiger partial charge in [-0.2, -0.15) is 0 Å². The minimum Gasteiger partial charge on any atom is -0.497 e. The van der Waals surface area contributed by atoms with Crippen molar-refractivity contribution in [3.63, 3.8) is 0 Å². The molecule has 0 unspecified atom stereocenters. The second-order valence-electron chi connectivity index (χ2n) is 5.48. The summed E-state index contributed by atoms with van der Waals surface area (Å²) in [5, 5.41) is 1.11. The van der Waals surface area contributed by atoms with Gasteiger partial charge in [0.1, 0.15) is 11.6 Å². The van der Waals surface area contributed by atoms with E-state index in [-0.39, 0.29) is 5.41 Å². The summed E-state index contributed by atoms with van der Waals surface area (Å²) < 4.78 is 5.26. The Morgan fingerprint density at radius 2 is 1.89 bits per heavy atom. The maximum absolute atomic E-state index is 5.26. The minimum absolute atomic E-state index is 0.0136. The average molecular weight is 244 g/mol. The van der Waals surface area contributed by atoms with Gasteiger partial charge in [0.15, 0.2) is 0 Å². The maximum atomic E-state index is 5.26. The molecule has 0 bridgehead atoms. The number of nitrogens with zero attached hydrogens (tertiary/aromatic N) is 2. The van der Waals surface area contributed by atoms with E-state index in [1.807, 2.05) is 18.2 Å². The van der Waals surface area contributed by atoms with Gasteiger partial charge in [0.05, 0.1) is 18.3 Å². The summed E-state index contributed by atoms with van der Waals surface area (Å²) in [7, 11) is 1.67. The Hall–Kier alpha value is -1.64. The quantitative estimate of drug-likeness (QED) is 0.811. The van der Waals surface area contributed by atoms with Crippen LogP contribution >= 0.6 is 0 Å². The first-order chi connectivity index (χ1) is 8.45. The molecule has 0 aliphatic heterocycles. The molecule has 0 radical (unpaired) electrons. The highest BCUT2D eigenvalue weighted by Gasteiger charge is 2.20. The number of aromatic nitrogens is 2. The molecule has 1 heterocycles. The van der Waals surface area contributed by atoms with E-state index in [2.05, 4.69) is 32.7 Å². The van der Waals surface area contributed by atoms with E-state index in [0.717, 1.165) is 34.6 Å². The lowest BCUT2D eigenvalue weighted by Gasteiger charge is -2.20. The van der Waals surface area contributed by atoms with Crippen LogP contribution in [0.4, 0.5) is 0 Å². The molecule has 96 valence electrons. The fourth-order valence-electron chi connectivity index (χ4n) is 2.01. The van der Waals surface area contributed by atoms with Gasteiger partial charge < -0.3 is 4.74 Å². The fraction of sp³-hybridized carbons (Fsp3) is 0.467. The molecule has 2 aromatic rings. The van der Waals surface area contributed by atoms with Crippen LogP contribution in [-0.2, 0) is 11.8 Å². The molecule has 0 fully saturated rings. The molecule has 0 N–H and O–H groups in total. The number of ether oxygens (including phenoxy) is 1. The third-order valence-corrected chi connectivity index (χ3v) is 2.98. The van der Waals surface area contributed by atoms with Crippen molar-refractivity contribution in [1.82, 2.24) is 9.97 Å². The Bertz CT molecular complexity index is 565. The van der Waals surface area contributed by atoms with E-state index in [4.69, 9.17) is 9.72 Å². The molecule has 0 spiro atoms. The molecule has 1 aromatic heterocycles. The normalized spacial score (nSPS) is 11.8. The zero-order chi connectivity index (χ0) is 13.3. The highest BCUT2D eigenvalue weighted by atomic mass is 16.5. The zero-order valence-electron chi connectivity index (χ0n) is 11.7. The molecule has 0 saturated heterocycles. The molecule has 0 aliphatic carbocycles. The molecule has 0 saturated carbocycles. The third kappa shape index (κ3) is 2.30. The molecule has 1 aromatic carbocycles. The number of fused-ring (bicyclic) bond motifs is 1. The van der Waals surface area contributed by atoms with Crippen molar-refractivity contribution in [3.05, 3.63) is 29.7 Å². The summed E-state index contributed by atoms with van der Waals surface area (Å²) in [5.74, 6) is 1.73. The predicted octanol–water partition coefficient (Wildman–Crippen LogP) is 3.50. The molecular weight excluding hydrogens is 224 g/mol. The monoisotopic (exact) mass is 244 g/mol. The van der Waals surface area contributed by atoms with Crippen LogP contribution in [0, 0.1) is 0 Å². The van der Waals surface area contributed by atoms with Crippen LogP contribution in [0.3, 0.4) is 0 Å². The van der Waals surface area contributed by atoms with E-state index in [0.29, 0.717) is 0 Å². The lowest BCUT2D eigenvalue weighted by molar-refractivity contribution is 0.415. The van der Waals surface area contributed by atoms with Gasteiger partial charge in [-0.05, 0) is 12.1 Å². The molecular formula is C15H20N2O. The van der Waals surface area contributed by atoms with Gasteiger partial charge in [0, 0.05) is 23.3 Å². The molecule has 0 aliphatic rings. The standard InChI is InChI=1S/C15H20N2O/c1-6-13-16-12-9-10(18-5)7-8-11(12)14(17-13)15(2,3)4/h7-9H,6H2,1-5H3. The Labute approximate surface area is 108 Å². The predicted molar refractivity (Wildman–Crippen MR) is 74.2 cm³/mol. The van der Waals surface area contributed by atoms with Gasteiger partial charge in [-0.25, -0.2) is 9.97 Å². The van der Waals surface area contributed by atoms with Crippen LogP contribution in [0.25, 0.3) is 10.9 Å². The molecule has 2 rings (SSSR count). The molecule has 3 nitrogen and oxygen atoms in total. The van der Waals surface area contributed by atoms with Gasteiger partial charge in [0.2, 0.25) is 0 Å². The Kier molecular flexibility index (Phi) is 3.24. The topological polar surface area (TPSA) is 35.0 Å². The SMILES string of the molecule is CCc1nc(C(C)(C)C)c2ccc(OC)cc2n1. The Morgan fingerprint density at radius 1 is 1.17 bits per heavy atom. The molecule has 18 heavy (non-hydrogen) atoms. The van der Waals surface area contributed by atoms with Crippen molar-refractivity contribution in [2.75, 3.05) is 7.11 Å². The fourth-order valence-corrected chi connectivity index (χ4v) is 2.01. The van der Waals surface area contributed by atoms with Crippen molar-refractivity contribution in [3.8, 4) is 5.75 Å². The first-order valence-electron chi connectivity index (χ1n) is 6.31. The molecule has 0 amide bonds. The van der Waals surface area contributed by atoms with E-state index in [1.165, 1.54) is 0 Å². The van der Waals surface area contributed by atoms with Gasteiger partial charge >= 0.3 is 0 Å².